The third kappa shape index (κ3) is 5.14. The molecule has 0 amide bonds. The lowest BCUT2D eigenvalue weighted by Gasteiger charge is -2.61. The number of rotatable bonds is 8. The third-order valence-corrected chi connectivity index (χ3v) is 12.5. The number of benzene rings is 1. The molecule has 200 valence electrons. The quantitative estimate of drug-likeness (QED) is 0.319. The van der Waals surface area contributed by atoms with Gasteiger partial charge in [0.1, 0.15) is 0 Å². The number of aryl methyl sites for hydroxylation is 1. The molecule has 2 unspecified atom stereocenters. The second kappa shape index (κ2) is 11.0. The van der Waals surface area contributed by atoms with Gasteiger partial charge in [-0.3, -0.25) is 0 Å². The van der Waals surface area contributed by atoms with E-state index in [4.69, 9.17) is 0 Å². The fraction of sp³-hybridized carbons (Fsp3) is 0.778. The van der Waals surface area contributed by atoms with Gasteiger partial charge in [-0.1, -0.05) is 95.9 Å². The molecule has 0 heteroatoms. The first-order chi connectivity index (χ1) is 17.3. The Bertz CT molecular complexity index is 879. The Morgan fingerprint density at radius 3 is 2.42 bits per heavy atom. The molecule has 0 heterocycles. The molecule has 0 N–H and O–H groups in total. The van der Waals surface area contributed by atoms with E-state index in [1.54, 1.807) is 12.0 Å². The molecule has 8 atom stereocenters. The highest BCUT2D eigenvalue weighted by Gasteiger charge is 2.60. The van der Waals surface area contributed by atoms with Crippen LogP contribution in [0.3, 0.4) is 0 Å². The molecular weight excluding hydrogens is 432 g/mol. The minimum absolute atomic E-state index is 0.613. The zero-order valence-electron chi connectivity index (χ0n) is 24.4. The van der Waals surface area contributed by atoms with Crippen molar-refractivity contribution in [3.8, 4) is 0 Å². The Balaban J connectivity index is 1.21. The number of hydrogen-bond acceptors (Lipinski definition) is 0. The molecule has 0 spiro atoms. The molecule has 0 radical (unpaired) electrons. The van der Waals surface area contributed by atoms with Gasteiger partial charge < -0.3 is 0 Å². The second-order valence-electron chi connectivity index (χ2n) is 14.8. The van der Waals surface area contributed by atoms with Crippen LogP contribution in [-0.2, 0) is 6.42 Å². The average Bonchev–Trinajstić information content (AvgIpc) is 3.22. The smallest absolute Gasteiger partial charge is 0.0244 e. The average molecular weight is 489 g/mol. The standard InChI is InChI=1S/C36H56/c1-26(2)11-9-12-27(3)32-19-20-33-31-18-17-30-25-29(16-10-15-28-13-7-6-8-14-28)21-23-35(30,4)34(31)22-24-36(32,33)5/h6-8,13-14,16,26-27,30-34H,9-12,15,17-25H2,1-5H3/b29-16+/t27?,30-,31-,32+,33-,34?,35-,36+/m0/s1. The summed E-state index contributed by atoms with van der Waals surface area (Å²) >= 11 is 0. The fourth-order valence-corrected chi connectivity index (χ4v) is 10.4. The summed E-state index contributed by atoms with van der Waals surface area (Å²) < 4.78 is 0. The Morgan fingerprint density at radius 1 is 0.861 bits per heavy atom. The van der Waals surface area contributed by atoms with Gasteiger partial charge in [0.05, 0.1) is 0 Å². The van der Waals surface area contributed by atoms with Gasteiger partial charge >= 0.3 is 0 Å². The van der Waals surface area contributed by atoms with Gasteiger partial charge in [-0.25, -0.2) is 0 Å². The molecular formula is C36H56. The first-order valence-corrected chi connectivity index (χ1v) is 16.0. The monoisotopic (exact) mass is 488 g/mol. The van der Waals surface area contributed by atoms with E-state index in [0.29, 0.717) is 10.8 Å². The minimum Gasteiger partial charge on any atom is -0.0850 e. The summed E-state index contributed by atoms with van der Waals surface area (Å²) in [6.45, 7) is 12.9. The zero-order chi connectivity index (χ0) is 25.3. The molecule has 1 aromatic rings. The maximum absolute atomic E-state index is 2.76. The lowest BCUT2D eigenvalue weighted by atomic mass is 9.44. The van der Waals surface area contributed by atoms with E-state index in [0.717, 1.165) is 41.4 Å². The van der Waals surface area contributed by atoms with Crippen LogP contribution in [0.1, 0.15) is 124 Å². The lowest BCUT2D eigenvalue weighted by Crippen LogP contribution is -2.53. The maximum Gasteiger partial charge on any atom is -0.0244 e. The van der Waals surface area contributed by atoms with E-state index >= 15 is 0 Å². The van der Waals surface area contributed by atoms with E-state index in [2.05, 4.69) is 71.0 Å². The highest BCUT2D eigenvalue weighted by atomic mass is 14.6. The van der Waals surface area contributed by atoms with Gasteiger partial charge in [-0.15, -0.1) is 0 Å². The van der Waals surface area contributed by atoms with Crippen LogP contribution in [0.2, 0.25) is 0 Å². The molecule has 0 bridgehead atoms. The zero-order valence-corrected chi connectivity index (χ0v) is 24.4. The van der Waals surface area contributed by atoms with Crippen molar-refractivity contribution in [2.24, 2.45) is 52.3 Å². The van der Waals surface area contributed by atoms with Crippen LogP contribution in [0.4, 0.5) is 0 Å². The van der Waals surface area contributed by atoms with Crippen LogP contribution in [0.25, 0.3) is 0 Å². The van der Waals surface area contributed by atoms with Gasteiger partial charge in [0, 0.05) is 0 Å². The number of allylic oxidation sites excluding steroid dienone is 2. The molecule has 4 aliphatic carbocycles. The van der Waals surface area contributed by atoms with Crippen molar-refractivity contribution in [3.05, 3.63) is 47.5 Å². The largest absolute Gasteiger partial charge is 0.0850 e. The van der Waals surface area contributed by atoms with Crippen molar-refractivity contribution in [2.75, 3.05) is 0 Å². The van der Waals surface area contributed by atoms with Crippen molar-refractivity contribution in [2.45, 2.75) is 125 Å². The van der Waals surface area contributed by atoms with Crippen LogP contribution in [0.15, 0.2) is 42.0 Å². The second-order valence-corrected chi connectivity index (χ2v) is 14.8. The minimum atomic E-state index is 0.613. The topological polar surface area (TPSA) is 0 Å². The highest BCUT2D eigenvalue weighted by Crippen LogP contribution is 2.68. The molecule has 0 aromatic heterocycles. The normalized spacial score (nSPS) is 40.1. The summed E-state index contributed by atoms with van der Waals surface area (Å²) in [5.41, 5.74) is 4.54. The van der Waals surface area contributed by atoms with Gasteiger partial charge in [-0.05, 0) is 128 Å². The Labute approximate surface area is 224 Å². The van der Waals surface area contributed by atoms with E-state index in [1.807, 2.05) is 0 Å². The molecule has 0 nitrogen and oxygen atoms in total. The molecule has 4 aliphatic rings. The number of fused-ring (bicyclic) bond motifs is 5. The molecule has 4 saturated carbocycles. The van der Waals surface area contributed by atoms with Gasteiger partial charge in [0.25, 0.3) is 0 Å². The third-order valence-electron chi connectivity index (χ3n) is 12.5. The highest BCUT2D eigenvalue weighted by molar-refractivity contribution is 5.18. The van der Waals surface area contributed by atoms with Gasteiger partial charge in [-0.2, -0.15) is 0 Å². The van der Waals surface area contributed by atoms with E-state index in [-0.39, 0.29) is 0 Å². The van der Waals surface area contributed by atoms with Crippen molar-refractivity contribution in [3.63, 3.8) is 0 Å². The first kappa shape index (κ1) is 26.6. The summed E-state index contributed by atoms with van der Waals surface area (Å²) in [5, 5.41) is 0. The fourth-order valence-electron chi connectivity index (χ4n) is 10.4. The molecule has 0 saturated heterocycles. The van der Waals surface area contributed by atoms with Crippen LogP contribution in [-0.4, -0.2) is 0 Å². The molecule has 4 fully saturated rings. The molecule has 5 rings (SSSR count). The number of hydrogen-bond donors (Lipinski definition) is 0. The van der Waals surface area contributed by atoms with Crippen LogP contribution < -0.4 is 0 Å². The lowest BCUT2D eigenvalue weighted by molar-refractivity contribution is -0.109. The SMILES string of the molecule is CC(C)CCCC(C)[C@H]1CC[C@H]2[C@@H]3CC[C@H]4C/C(=C/CCc5ccccc5)CC[C@]4(C)C3CC[C@]12C. The van der Waals surface area contributed by atoms with Crippen molar-refractivity contribution in [1.29, 1.82) is 0 Å². The van der Waals surface area contributed by atoms with Crippen LogP contribution in [0, 0.1) is 52.3 Å². The maximum atomic E-state index is 2.76. The van der Waals surface area contributed by atoms with Crippen molar-refractivity contribution >= 4 is 0 Å². The summed E-state index contributed by atoms with van der Waals surface area (Å²) in [6.07, 6.45) is 22.8. The predicted octanol–water partition coefficient (Wildman–Crippen LogP) is 10.7. The Hall–Kier alpha value is -1.04. The van der Waals surface area contributed by atoms with E-state index in [9.17, 15) is 0 Å². The van der Waals surface area contributed by atoms with Gasteiger partial charge in [0.2, 0.25) is 0 Å². The summed E-state index contributed by atoms with van der Waals surface area (Å²) in [4.78, 5) is 0. The van der Waals surface area contributed by atoms with Gasteiger partial charge in [0.15, 0.2) is 0 Å². The summed E-state index contributed by atoms with van der Waals surface area (Å²) in [7, 11) is 0. The van der Waals surface area contributed by atoms with Crippen LogP contribution >= 0.6 is 0 Å². The predicted molar refractivity (Wildman–Crippen MR) is 156 cm³/mol. The van der Waals surface area contributed by atoms with Crippen molar-refractivity contribution in [1.82, 2.24) is 0 Å². The molecule has 1 aromatic carbocycles. The first-order valence-electron chi connectivity index (χ1n) is 16.0. The van der Waals surface area contributed by atoms with Crippen LogP contribution in [0.5, 0.6) is 0 Å². The Kier molecular flexibility index (Phi) is 8.10. The summed E-state index contributed by atoms with van der Waals surface area (Å²) in [6, 6.07) is 11.1. The van der Waals surface area contributed by atoms with Crippen molar-refractivity contribution < 1.29 is 0 Å². The summed E-state index contributed by atoms with van der Waals surface area (Å²) in [5.74, 6) is 6.80. The van der Waals surface area contributed by atoms with E-state index < -0.39 is 0 Å². The van der Waals surface area contributed by atoms with E-state index in [1.165, 1.54) is 89.0 Å². The molecule has 36 heavy (non-hydrogen) atoms. The Morgan fingerprint density at radius 2 is 1.64 bits per heavy atom. The molecule has 0 aliphatic heterocycles.